The second kappa shape index (κ2) is 7.42. The molecule has 2 heterocycles. The number of aromatic nitrogens is 1. The fourth-order valence-electron chi connectivity index (χ4n) is 4.73. The zero-order valence-electron chi connectivity index (χ0n) is 16.8. The predicted molar refractivity (Wildman–Crippen MR) is 118 cm³/mol. The van der Waals surface area contributed by atoms with Gasteiger partial charge in [0.1, 0.15) is 6.07 Å². The Labute approximate surface area is 175 Å². The summed E-state index contributed by atoms with van der Waals surface area (Å²) < 4.78 is 2.36. The maximum Gasteiger partial charge on any atom is 0.409 e. The number of benzene rings is 2. The van der Waals surface area contributed by atoms with Gasteiger partial charge in [-0.25, -0.2) is 4.79 Å². The molecule has 3 aromatic rings. The van der Waals surface area contributed by atoms with Crippen LogP contribution in [0.5, 0.6) is 0 Å². The van der Waals surface area contributed by atoms with Gasteiger partial charge in [0.05, 0.1) is 16.8 Å². The lowest BCUT2D eigenvalue weighted by Crippen LogP contribution is -2.19. The first-order chi connectivity index (χ1) is 14.7. The molecule has 5 rings (SSSR count). The van der Waals surface area contributed by atoms with Gasteiger partial charge in [-0.3, -0.25) is 5.32 Å². The van der Waals surface area contributed by atoms with E-state index in [2.05, 4.69) is 39.1 Å². The van der Waals surface area contributed by atoms with Crippen molar-refractivity contribution in [1.29, 1.82) is 5.26 Å². The van der Waals surface area contributed by atoms with E-state index in [4.69, 9.17) is 5.11 Å². The average Bonchev–Trinajstić information content (AvgIpc) is 3.33. The fourth-order valence-corrected chi connectivity index (χ4v) is 4.73. The van der Waals surface area contributed by atoms with Crippen molar-refractivity contribution in [3.63, 3.8) is 0 Å². The van der Waals surface area contributed by atoms with Gasteiger partial charge in [0.15, 0.2) is 0 Å². The van der Waals surface area contributed by atoms with Gasteiger partial charge in [0.2, 0.25) is 0 Å². The van der Waals surface area contributed by atoms with Crippen molar-refractivity contribution >= 4 is 28.4 Å². The first-order valence-electron chi connectivity index (χ1n) is 10.6. The topological polar surface area (TPSA) is 81.3 Å². The summed E-state index contributed by atoms with van der Waals surface area (Å²) in [6, 6.07) is 16.6. The number of hydrogen-bond donors (Lipinski definition) is 2. The Balaban J connectivity index is 1.68. The second-order valence-corrected chi connectivity index (χ2v) is 8.19. The molecule has 6 nitrogen and oxygen atoms in total. The number of amides is 1. The van der Waals surface area contributed by atoms with Gasteiger partial charge in [0, 0.05) is 35.9 Å². The Kier molecular flexibility index (Phi) is 4.59. The molecule has 2 N–H and O–H groups in total. The Morgan fingerprint density at radius 1 is 1.07 bits per heavy atom. The summed E-state index contributed by atoms with van der Waals surface area (Å²) in [5.41, 5.74) is 5.46. The van der Waals surface area contributed by atoms with Crippen LogP contribution in [-0.2, 0) is 0 Å². The van der Waals surface area contributed by atoms with Gasteiger partial charge in [-0.05, 0) is 68.0 Å². The molecular formula is C24H24N4O2. The molecular weight excluding hydrogens is 376 g/mol. The largest absolute Gasteiger partial charge is 0.465 e. The highest BCUT2D eigenvalue weighted by Crippen LogP contribution is 2.43. The highest BCUT2D eigenvalue weighted by atomic mass is 16.4. The molecule has 0 bridgehead atoms. The monoisotopic (exact) mass is 400 g/mol. The quantitative estimate of drug-likeness (QED) is 0.598. The third-order valence-electron chi connectivity index (χ3n) is 6.42. The molecule has 2 fully saturated rings. The Morgan fingerprint density at radius 3 is 2.40 bits per heavy atom. The predicted octanol–water partition coefficient (Wildman–Crippen LogP) is 5.60. The molecule has 2 aliphatic rings. The molecule has 2 aromatic carbocycles. The van der Waals surface area contributed by atoms with Crippen LogP contribution in [0.2, 0.25) is 0 Å². The molecule has 1 saturated carbocycles. The lowest BCUT2D eigenvalue weighted by Gasteiger charge is -2.30. The molecule has 30 heavy (non-hydrogen) atoms. The van der Waals surface area contributed by atoms with Crippen LogP contribution < -0.4 is 10.2 Å². The number of nitrogens with one attached hydrogen (secondary N) is 1. The second-order valence-electron chi connectivity index (χ2n) is 8.19. The highest BCUT2D eigenvalue weighted by Gasteiger charge is 2.28. The lowest BCUT2D eigenvalue weighted by molar-refractivity contribution is 0.210. The van der Waals surface area contributed by atoms with Crippen molar-refractivity contribution in [1.82, 2.24) is 4.57 Å². The Bertz CT molecular complexity index is 1150. The SMILES string of the molecule is N#Cc1c(-c2ccc(NC(=O)O)cc2)n(C2CCC2)c2cc(N3CCCC3)ccc12. The van der Waals surface area contributed by atoms with Gasteiger partial charge in [-0.1, -0.05) is 12.1 Å². The molecule has 0 unspecified atom stereocenters. The number of hydrogen-bond acceptors (Lipinski definition) is 3. The number of rotatable bonds is 4. The number of carbonyl (C=O) groups is 1. The van der Waals surface area contributed by atoms with Crippen LogP contribution in [-0.4, -0.2) is 28.9 Å². The van der Waals surface area contributed by atoms with E-state index in [9.17, 15) is 10.1 Å². The molecule has 0 spiro atoms. The molecule has 6 heteroatoms. The van der Waals surface area contributed by atoms with E-state index in [1.165, 1.54) is 24.9 Å². The third-order valence-corrected chi connectivity index (χ3v) is 6.42. The summed E-state index contributed by atoms with van der Waals surface area (Å²) in [7, 11) is 0. The normalized spacial score (nSPS) is 16.4. The summed E-state index contributed by atoms with van der Waals surface area (Å²) in [6.45, 7) is 2.18. The van der Waals surface area contributed by atoms with E-state index in [1.54, 1.807) is 12.1 Å². The van der Waals surface area contributed by atoms with Crippen molar-refractivity contribution < 1.29 is 9.90 Å². The number of carboxylic acid groups (broad SMARTS) is 1. The van der Waals surface area contributed by atoms with Crippen LogP contribution >= 0.6 is 0 Å². The summed E-state index contributed by atoms with van der Waals surface area (Å²) in [5, 5.41) is 22.4. The van der Waals surface area contributed by atoms with Crippen LogP contribution in [0, 0.1) is 11.3 Å². The van der Waals surface area contributed by atoms with Gasteiger partial charge in [-0.2, -0.15) is 5.26 Å². The number of anilines is 2. The van der Waals surface area contributed by atoms with Crippen molar-refractivity contribution in [3.8, 4) is 17.3 Å². The van der Waals surface area contributed by atoms with E-state index in [0.717, 1.165) is 48.1 Å². The van der Waals surface area contributed by atoms with E-state index in [-0.39, 0.29) is 0 Å². The van der Waals surface area contributed by atoms with Crippen LogP contribution in [0.4, 0.5) is 16.2 Å². The first kappa shape index (κ1) is 18.6. The van der Waals surface area contributed by atoms with E-state index < -0.39 is 6.09 Å². The summed E-state index contributed by atoms with van der Waals surface area (Å²) >= 11 is 0. The maximum atomic E-state index is 10.9. The zero-order chi connectivity index (χ0) is 20.7. The first-order valence-corrected chi connectivity index (χ1v) is 10.6. The molecule has 1 aromatic heterocycles. The molecule has 0 radical (unpaired) electrons. The molecule has 1 aliphatic carbocycles. The average molecular weight is 400 g/mol. The minimum Gasteiger partial charge on any atom is -0.465 e. The summed E-state index contributed by atoms with van der Waals surface area (Å²) in [4.78, 5) is 13.3. The van der Waals surface area contributed by atoms with Gasteiger partial charge < -0.3 is 14.6 Å². The fraction of sp³-hybridized carbons (Fsp3) is 0.333. The maximum absolute atomic E-state index is 10.9. The Morgan fingerprint density at radius 2 is 1.80 bits per heavy atom. The van der Waals surface area contributed by atoms with Crippen molar-refractivity contribution in [3.05, 3.63) is 48.0 Å². The summed E-state index contributed by atoms with van der Waals surface area (Å²) in [6.07, 6.45) is 4.82. The molecule has 152 valence electrons. The van der Waals surface area contributed by atoms with Gasteiger partial charge in [-0.15, -0.1) is 0 Å². The van der Waals surface area contributed by atoms with E-state index in [1.807, 2.05) is 12.1 Å². The standard InChI is InChI=1S/C24H24N4O2/c25-15-21-20-11-10-19(27-12-1-2-13-27)14-22(20)28(18-4-3-5-18)23(21)16-6-8-17(9-7-16)26-24(29)30/h6-11,14,18,26H,1-5,12-13H2,(H,29,30). The smallest absolute Gasteiger partial charge is 0.409 e. The van der Waals surface area contributed by atoms with Crippen LogP contribution in [0.1, 0.15) is 43.7 Å². The number of nitrogens with zero attached hydrogens (tertiary/aromatic N) is 3. The number of fused-ring (bicyclic) bond motifs is 1. The van der Waals surface area contributed by atoms with Gasteiger partial charge >= 0.3 is 6.09 Å². The van der Waals surface area contributed by atoms with Crippen molar-refractivity contribution in [2.75, 3.05) is 23.3 Å². The number of nitriles is 1. The van der Waals surface area contributed by atoms with Crippen LogP contribution in [0.25, 0.3) is 22.2 Å². The van der Waals surface area contributed by atoms with E-state index in [0.29, 0.717) is 17.3 Å². The van der Waals surface area contributed by atoms with Crippen LogP contribution in [0.3, 0.4) is 0 Å². The highest BCUT2D eigenvalue weighted by molar-refractivity contribution is 5.96. The molecule has 1 aliphatic heterocycles. The molecule has 1 amide bonds. The van der Waals surface area contributed by atoms with E-state index >= 15 is 0 Å². The zero-order valence-corrected chi connectivity index (χ0v) is 16.8. The molecule has 1 saturated heterocycles. The van der Waals surface area contributed by atoms with Gasteiger partial charge in [0.25, 0.3) is 0 Å². The minimum atomic E-state index is -1.08. The lowest BCUT2D eigenvalue weighted by atomic mass is 9.92. The van der Waals surface area contributed by atoms with Crippen molar-refractivity contribution in [2.45, 2.75) is 38.1 Å². The Hall–Kier alpha value is -3.46. The summed E-state index contributed by atoms with van der Waals surface area (Å²) in [5.74, 6) is 0. The van der Waals surface area contributed by atoms with Crippen molar-refractivity contribution in [2.24, 2.45) is 0 Å². The minimum absolute atomic E-state index is 0.398. The molecule has 0 atom stereocenters. The van der Waals surface area contributed by atoms with Crippen LogP contribution in [0.15, 0.2) is 42.5 Å². The third kappa shape index (κ3) is 3.07.